The first-order chi connectivity index (χ1) is 8.69. The highest BCUT2D eigenvalue weighted by Gasteiger charge is 2.10. The Kier molecular flexibility index (Phi) is 5.59. The molecule has 4 heteroatoms. The van der Waals surface area contributed by atoms with Crippen LogP contribution in [0, 0.1) is 12.3 Å². The second kappa shape index (κ2) is 7.23. The molecule has 0 aliphatic heterocycles. The lowest BCUT2D eigenvalue weighted by atomic mass is 10.1. The van der Waals surface area contributed by atoms with Crippen molar-refractivity contribution < 1.29 is 9.53 Å². The third kappa shape index (κ3) is 4.02. The van der Waals surface area contributed by atoms with E-state index in [0.29, 0.717) is 23.5 Å². The average Bonchev–Trinajstić information content (AvgIpc) is 2.39. The summed E-state index contributed by atoms with van der Waals surface area (Å²) in [6.45, 7) is 0.594. The van der Waals surface area contributed by atoms with Gasteiger partial charge in [-0.15, -0.1) is 12.3 Å². The van der Waals surface area contributed by atoms with Crippen molar-refractivity contribution in [1.82, 2.24) is 5.32 Å². The summed E-state index contributed by atoms with van der Waals surface area (Å²) in [7, 11) is 1.55. The van der Waals surface area contributed by atoms with Gasteiger partial charge in [-0.2, -0.15) is 0 Å². The van der Waals surface area contributed by atoms with Crippen molar-refractivity contribution in [3.8, 4) is 18.1 Å². The Morgan fingerprint density at radius 1 is 1.50 bits per heavy atom. The molecule has 0 aliphatic carbocycles. The van der Waals surface area contributed by atoms with Crippen LogP contribution in [0.5, 0.6) is 5.75 Å². The lowest BCUT2D eigenvalue weighted by molar-refractivity contribution is 0.0953. The highest BCUT2D eigenvalue weighted by atomic mass is 16.5. The third-order valence-corrected chi connectivity index (χ3v) is 2.54. The molecule has 1 rings (SSSR count). The maximum atomic E-state index is 11.9. The molecule has 0 heterocycles. The van der Waals surface area contributed by atoms with Gasteiger partial charge in [0.05, 0.1) is 12.7 Å². The molecule has 0 aromatic heterocycles. The first-order valence-electron chi connectivity index (χ1n) is 5.84. The Balaban J connectivity index is 2.53. The maximum Gasteiger partial charge on any atom is 0.253 e. The first kappa shape index (κ1) is 13.9. The molecule has 0 atom stereocenters. The largest absolute Gasteiger partial charge is 0.497 e. The summed E-state index contributed by atoms with van der Waals surface area (Å²) in [4.78, 5) is 11.9. The summed E-state index contributed by atoms with van der Waals surface area (Å²) in [5.74, 6) is 2.99. The quantitative estimate of drug-likeness (QED) is 0.457. The number of anilines is 1. The van der Waals surface area contributed by atoms with Crippen molar-refractivity contribution >= 4 is 11.6 Å². The number of ether oxygens (including phenoxy) is 1. The van der Waals surface area contributed by atoms with Crippen LogP contribution in [-0.2, 0) is 0 Å². The Morgan fingerprint density at radius 2 is 2.28 bits per heavy atom. The van der Waals surface area contributed by atoms with Gasteiger partial charge >= 0.3 is 0 Å². The SMILES string of the molecule is C#CCCCCNC(=O)c1cc(OC)ccc1N. The van der Waals surface area contributed by atoms with E-state index in [2.05, 4.69) is 11.2 Å². The Bertz CT molecular complexity index is 450. The fourth-order valence-corrected chi connectivity index (χ4v) is 1.51. The van der Waals surface area contributed by atoms with E-state index >= 15 is 0 Å². The van der Waals surface area contributed by atoms with Crippen LogP contribution in [0.3, 0.4) is 0 Å². The van der Waals surface area contributed by atoms with E-state index in [-0.39, 0.29) is 5.91 Å². The zero-order valence-corrected chi connectivity index (χ0v) is 10.5. The van der Waals surface area contributed by atoms with Gasteiger partial charge in [0, 0.05) is 18.7 Å². The van der Waals surface area contributed by atoms with Crippen LogP contribution in [0.1, 0.15) is 29.6 Å². The van der Waals surface area contributed by atoms with Gasteiger partial charge in [0.1, 0.15) is 5.75 Å². The molecule has 0 fully saturated rings. The number of hydrogen-bond donors (Lipinski definition) is 2. The van der Waals surface area contributed by atoms with E-state index in [1.54, 1.807) is 25.3 Å². The summed E-state index contributed by atoms with van der Waals surface area (Å²) < 4.78 is 5.06. The molecule has 0 bridgehead atoms. The second-order valence-corrected chi connectivity index (χ2v) is 3.87. The minimum atomic E-state index is -0.188. The van der Waals surface area contributed by atoms with Gasteiger partial charge in [-0.05, 0) is 31.0 Å². The maximum absolute atomic E-state index is 11.9. The topological polar surface area (TPSA) is 64.3 Å². The van der Waals surface area contributed by atoms with Gasteiger partial charge in [-0.1, -0.05) is 0 Å². The highest BCUT2D eigenvalue weighted by molar-refractivity contribution is 5.99. The van der Waals surface area contributed by atoms with Gasteiger partial charge in [-0.3, -0.25) is 4.79 Å². The molecular weight excluding hydrogens is 228 g/mol. The molecule has 4 nitrogen and oxygen atoms in total. The molecule has 0 unspecified atom stereocenters. The van der Waals surface area contributed by atoms with Crippen molar-refractivity contribution in [1.29, 1.82) is 0 Å². The normalized spacial score (nSPS) is 9.56. The number of nitrogens with one attached hydrogen (secondary N) is 1. The lowest BCUT2D eigenvalue weighted by Crippen LogP contribution is -2.25. The number of methoxy groups -OCH3 is 1. The van der Waals surface area contributed by atoms with E-state index in [0.717, 1.165) is 19.3 Å². The Hall–Kier alpha value is -2.15. The monoisotopic (exact) mass is 246 g/mol. The van der Waals surface area contributed by atoms with Crippen LogP contribution in [0.4, 0.5) is 5.69 Å². The van der Waals surface area contributed by atoms with Gasteiger partial charge in [-0.25, -0.2) is 0 Å². The van der Waals surface area contributed by atoms with E-state index in [1.807, 2.05) is 0 Å². The van der Waals surface area contributed by atoms with Crippen molar-refractivity contribution in [3.05, 3.63) is 23.8 Å². The van der Waals surface area contributed by atoms with Crippen molar-refractivity contribution in [2.45, 2.75) is 19.3 Å². The summed E-state index contributed by atoms with van der Waals surface area (Å²) in [5.41, 5.74) is 6.63. The third-order valence-electron chi connectivity index (χ3n) is 2.54. The average molecular weight is 246 g/mol. The predicted octanol–water partition coefficient (Wildman–Crippen LogP) is 1.81. The molecule has 1 aromatic carbocycles. The molecule has 0 saturated heterocycles. The van der Waals surface area contributed by atoms with Gasteiger partial charge in [0.25, 0.3) is 5.91 Å². The molecule has 0 radical (unpaired) electrons. The molecule has 0 aliphatic rings. The molecule has 96 valence electrons. The zero-order valence-electron chi connectivity index (χ0n) is 10.5. The summed E-state index contributed by atoms with van der Waals surface area (Å²) in [6, 6.07) is 5.01. The molecule has 1 amide bonds. The first-order valence-corrected chi connectivity index (χ1v) is 5.84. The van der Waals surface area contributed by atoms with Crippen LogP contribution < -0.4 is 15.8 Å². The highest BCUT2D eigenvalue weighted by Crippen LogP contribution is 2.19. The lowest BCUT2D eigenvalue weighted by Gasteiger charge is -2.08. The van der Waals surface area contributed by atoms with Crippen LogP contribution in [0.2, 0.25) is 0 Å². The number of rotatable bonds is 6. The fraction of sp³-hybridized carbons (Fsp3) is 0.357. The van der Waals surface area contributed by atoms with E-state index in [1.165, 1.54) is 0 Å². The molecule has 0 saturated carbocycles. The minimum Gasteiger partial charge on any atom is -0.497 e. The van der Waals surface area contributed by atoms with Crippen molar-refractivity contribution in [3.63, 3.8) is 0 Å². The zero-order chi connectivity index (χ0) is 13.4. The van der Waals surface area contributed by atoms with Crippen LogP contribution >= 0.6 is 0 Å². The number of benzene rings is 1. The summed E-state index contributed by atoms with van der Waals surface area (Å²) >= 11 is 0. The Labute approximate surface area is 108 Å². The number of amides is 1. The molecular formula is C14H18N2O2. The van der Waals surface area contributed by atoms with Crippen LogP contribution in [-0.4, -0.2) is 19.6 Å². The van der Waals surface area contributed by atoms with Gasteiger partial charge in [0.15, 0.2) is 0 Å². The van der Waals surface area contributed by atoms with E-state index < -0.39 is 0 Å². The molecule has 1 aromatic rings. The number of hydrogen-bond acceptors (Lipinski definition) is 3. The molecule has 0 spiro atoms. The standard InChI is InChI=1S/C14H18N2O2/c1-3-4-5-6-9-16-14(17)12-10-11(18-2)7-8-13(12)15/h1,7-8,10H,4-6,9,15H2,2H3,(H,16,17). The number of carbonyl (C=O) groups is 1. The summed E-state index contributed by atoms with van der Waals surface area (Å²) in [6.07, 6.45) is 7.65. The molecule has 3 N–H and O–H groups in total. The number of nitrogen functional groups attached to an aromatic ring is 1. The van der Waals surface area contributed by atoms with Crippen molar-refractivity contribution in [2.75, 3.05) is 19.4 Å². The predicted molar refractivity (Wildman–Crippen MR) is 72.4 cm³/mol. The van der Waals surface area contributed by atoms with Crippen molar-refractivity contribution in [2.24, 2.45) is 0 Å². The Morgan fingerprint density at radius 3 is 2.94 bits per heavy atom. The van der Waals surface area contributed by atoms with E-state index in [9.17, 15) is 4.79 Å². The number of carbonyl (C=O) groups excluding carboxylic acids is 1. The minimum absolute atomic E-state index is 0.188. The fourth-order valence-electron chi connectivity index (χ4n) is 1.51. The van der Waals surface area contributed by atoms with Gasteiger partial charge < -0.3 is 15.8 Å². The van der Waals surface area contributed by atoms with Crippen LogP contribution in [0.15, 0.2) is 18.2 Å². The summed E-state index contributed by atoms with van der Waals surface area (Å²) in [5, 5.41) is 2.81. The second-order valence-electron chi connectivity index (χ2n) is 3.87. The van der Waals surface area contributed by atoms with Gasteiger partial charge in [0.2, 0.25) is 0 Å². The number of unbranched alkanes of at least 4 members (excludes halogenated alkanes) is 2. The smallest absolute Gasteiger partial charge is 0.253 e. The molecule has 18 heavy (non-hydrogen) atoms. The number of terminal acetylenes is 1. The van der Waals surface area contributed by atoms with Crippen LogP contribution in [0.25, 0.3) is 0 Å². The number of nitrogens with two attached hydrogens (primary N) is 1. The van der Waals surface area contributed by atoms with E-state index in [4.69, 9.17) is 16.9 Å².